The van der Waals surface area contributed by atoms with Crippen LogP contribution in [0.4, 0.5) is 0 Å². The van der Waals surface area contributed by atoms with Crippen LogP contribution in [-0.4, -0.2) is 58.1 Å². The Kier molecular flexibility index (Phi) is 16.6. The Morgan fingerprint density at radius 3 is 2.00 bits per heavy atom. The standard InChI is InChI=1S/C16H34ClNO3/c1-4-5-7-19-9-11-21-12-10-20-8-6-18-16(14-17)13-15(2)3/h15-16,18H,4-14H2,1-3H3. The van der Waals surface area contributed by atoms with Crippen molar-refractivity contribution in [3.8, 4) is 0 Å². The Bertz CT molecular complexity index is 206. The summed E-state index contributed by atoms with van der Waals surface area (Å²) in [5.74, 6) is 1.31. The maximum atomic E-state index is 5.92. The first-order valence-electron chi connectivity index (χ1n) is 8.23. The van der Waals surface area contributed by atoms with Gasteiger partial charge in [0.05, 0.1) is 33.0 Å². The summed E-state index contributed by atoms with van der Waals surface area (Å²) in [6, 6.07) is 0.381. The Morgan fingerprint density at radius 2 is 1.48 bits per heavy atom. The molecular formula is C16H34ClNO3. The topological polar surface area (TPSA) is 39.7 Å². The number of ether oxygens (including phenoxy) is 3. The van der Waals surface area contributed by atoms with Crippen LogP contribution in [0, 0.1) is 5.92 Å². The largest absolute Gasteiger partial charge is 0.379 e. The number of rotatable bonds is 16. The van der Waals surface area contributed by atoms with Crippen LogP contribution in [0.5, 0.6) is 0 Å². The van der Waals surface area contributed by atoms with Crippen molar-refractivity contribution >= 4 is 11.6 Å². The molecule has 0 amide bonds. The first-order chi connectivity index (χ1) is 10.2. The molecule has 0 aromatic carbocycles. The van der Waals surface area contributed by atoms with Crippen LogP contribution < -0.4 is 5.32 Å². The summed E-state index contributed by atoms with van der Waals surface area (Å²) in [5.41, 5.74) is 0. The van der Waals surface area contributed by atoms with E-state index in [-0.39, 0.29) is 0 Å². The van der Waals surface area contributed by atoms with Crippen LogP contribution in [0.1, 0.15) is 40.0 Å². The van der Waals surface area contributed by atoms with E-state index in [9.17, 15) is 0 Å². The van der Waals surface area contributed by atoms with Gasteiger partial charge in [-0.25, -0.2) is 0 Å². The van der Waals surface area contributed by atoms with Crippen molar-refractivity contribution < 1.29 is 14.2 Å². The summed E-state index contributed by atoms with van der Waals surface area (Å²) in [5, 5.41) is 3.41. The summed E-state index contributed by atoms with van der Waals surface area (Å²) < 4.78 is 16.3. The van der Waals surface area contributed by atoms with Crippen LogP contribution >= 0.6 is 11.6 Å². The lowest BCUT2D eigenvalue weighted by Crippen LogP contribution is -2.34. The molecule has 1 unspecified atom stereocenters. The molecule has 0 fully saturated rings. The summed E-state index contributed by atoms with van der Waals surface area (Å²) in [4.78, 5) is 0. The van der Waals surface area contributed by atoms with Gasteiger partial charge < -0.3 is 19.5 Å². The lowest BCUT2D eigenvalue weighted by Gasteiger charge is -2.18. The molecule has 128 valence electrons. The van der Waals surface area contributed by atoms with E-state index in [0.717, 1.165) is 26.0 Å². The molecule has 0 saturated heterocycles. The molecule has 0 bridgehead atoms. The van der Waals surface area contributed by atoms with E-state index in [1.54, 1.807) is 0 Å². The zero-order chi connectivity index (χ0) is 15.8. The molecular weight excluding hydrogens is 290 g/mol. The molecule has 1 atom stereocenters. The van der Waals surface area contributed by atoms with Crippen LogP contribution in [0.2, 0.25) is 0 Å². The molecule has 0 aromatic heterocycles. The van der Waals surface area contributed by atoms with Crippen LogP contribution in [0.3, 0.4) is 0 Å². The van der Waals surface area contributed by atoms with Crippen molar-refractivity contribution in [2.24, 2.45) is 5.92 Å². The minimum absolute atomic E-state index is 0.381. The van der Waals surface area contributed by atoms with E-state index in [2.05, 4.69) is 26.1 Å². The Labute approximate surface area is 135 Å². The Balaban J connectivity index is 3.18. The van der Waals surface area contributed by atoms with Gasteiger partial charge in [0.2, 0.25) is 0 Å². The van der Waals surface area contributed by atoms with E-state index in [4.69, 9.17) is 25.8 Å². The van der Waals surface area contributed by atoms with E-state index in [1.165, 1.54) is 6.42 Å². The Hall–Kier alpha value is 0.130. The molecule has 0 aromatic rings. The van der Waals surface area contributed by atoms with Crippen LogP contribution in [-0.2, 0) is 14.2 Å². The molecule has 21 heavy (non-hydrogen) atoms. The summed E-state index contributed by atoms with van der Waals surface area (Å²) >= 11 is 5.92. The van der Waals surface area contributed by atoms with Crippen molar-refractivity contribution in [3.05, 3.63) is 0 Å². The molecule has 0 saturated carbocycles. The van der Waals surface area contributed by atoms with Crippen molar-refractivity contribution in [3.63, 3.8) is 0 Å². The van der Waals surface area contributed by atoms with Gasteiger partial charge >= 0.3 is 0 Å². The van der Waals surface area contributed by atoms with Crippen molar-refractivity contribution in [1.82, 2.24) is 5.32 Å². The normalized spacial score (nSPS) is 13.0. The van der Waals surface area contributed by atoms with Gasteiger partial charge in [-0.1, -0.05) is 27.2 Å². The highest BCUT2D eigenvalue weighted by atomic mass is 35.5. The van der Waals surface area contributed by atoms with E-state index in [1.807, 2.05) is 0 Å². The van der Waals surface area contributed by atoms with Crippen molar-refractivity contribution in [1.29, 1.82) is 0 Å². The predicted octanol–water partition coefficient (Wildman–Crippen LogP) is 3.08. The molecule has 0 aliphatic rings. The second kappa shape index (κ2) is 16.5. The Morgan fingerprint density at radius 1 is 0.905 bits per heavy atom. The zero-order valence-electron chi connectivity index (χ0n) is 14.0. The van der Waals surface area contributed by atoms with Gasteiger partial charge in [-0.3, -0.25) is 0 Å². The van der Waals surface area contributed by atoms with Crippen LogP contribution in [0.25, 0.3) is 0 Å². The third-order valence-corrected chi connectivity index (χ3v) is 3.38. The SMILES string of the molecule is CCCCOCCOCCOCCNC(CCl)CC(C)C. The number of alkyl halides is 1. The second-order valence-electron chi connectivity index (χ2n) is 5.63. The fourth-order valence-corrected chi connectivity index (χ4v) is 2.13. The number of nitrogens with one attached hydrogen (secondary N) is 1. The van der Waals surface area contributed by atoms with Gasteiger partial charge in [-0.2, -0.15) is 0 Å². The van der Waals surface area contributed by atoms with E-state index >= 15 is 0 Å². The molecule has 5 heteroatoms. The van der Waals surface area contributed by atoms with Gasteiger partial charge in [0.25, 0.3) is 0 Å². The summed E-state index contributed by atoms with van der Waals surface area (Å²) in [6.07, 6.45) is 3.39. The molecule has 0 heterocycles. The molecule has 1 N–H and O–H groups in total. The zero-order valence-corrected chi connectivity index (χ0v) is 14.8. The summed E-state index contributed by atoms with van der Waals surface area (Å²) in [6.45, 7) is 11.5. The lowest BCUT2D eigenvalue weighted by molar-refractivity contribution is 0.0144. The smallest absolute Gasteiger partial charge is 0.0701 e. The number of hydrogen-bond donors (Lipinski definition) is 1. The lowest BCUT2D eigenvalue weighted by atomic mass is 10.1. The van der Waals surface area contributed by atoms with E-state index < -0.39 is 0 Å². The number of unbranched alkanes of at least 4 members (excludes halogenated alkanes) is 1. The number of hydrogen-bond acceptors (Lipinski definition) is 4. The van der Waals surface area contributed by atoms with Gasteiger partial charge in [-0.15, -0.1) is 11.6 Å². The van der Waals surface area contributed by atoms with Crippen LogP contribution in [0.15, 0.2) is 0 Å². The predicted molar refractivity (Wildman–Crippen MR) is 89.3 cm³/mol. The monoisotopic (exact) mass is 323 g/mol. The highest BCUT2D eigenvalue weighted by molar-refractivity contribution is 6.18. The molecule has 0 radical (unpaired) electrons. The quantitative estimate of drug-likeness (QED) is 0.350. The van der Waals surface area contributed by atoms with Gasteiger partial charge in [-0.05, 0) is 18.8 Å². The van der Waals surface area contributed by atoms with Crippen molar-refractivity contribution in [2.75, 3.05) is 52.1 Å². The van der Waals surface area contributed by atoms with Gasteiger partial charge in [0.1, 0.15) is 0 Å². The van der Waals surface area contributed by atoms with E-state index in [0.29, 0.717) is 50.9 Å². The minimum atomic E-state index is 0.381. The van der Waals surface area contributed by atoms with Gasteiger partial charge in [0.15, 0.2) is 0 Å². The maximum absolute atomic E-state index is 5.92. The highest BCUT2D eigenvalue weighted by Gasteiger charge is 2.08. The molecule has 0 rings (SSSR count). The maximum Gasteiger partial charge on any atom is 0.0701 e. The third-order valence-electron chi connectivity index (χ3n) is 3.01. The van der Waals surface area contributed by atoms with Gasteiger partial charge in [0, 0.05) is 25.1 Å². The van der Waals surface area contributed by atoms with Crippen molar-refractivity contribution in [2.45, 2.75) is 46.1 Å². The highest BCUT2D eigenvalue weighted by Crippen LogP contribution is 2.05. The number of halogens is 1. The first-order valence-corrected chi connectivity index (χ1v) is 8.76. The average molecular weight is 324 g/mol. The molecule has 4 nitrogen and oxygen atoms in total. The minimum Gasteiger partial charge on any atom is -0.379 e. The molecule has 0 aliphatic carbocycles. The second-order valence-corrected chi connectivity index (χ2v) is 5.93. The fraction of sp³-hybridized carbons (Fsp3) is 1.00. The molecule has 0 spiro atoms. The molecule has 0 aliphatic heterocycles. The summed E-state index contributed by atoms with van der Waals surface area (Å²) in [7, 11) is 0. The third kappa shape index (κ3) is 16.3. The first kappa shape index (κ1) is 21.1. The average Bonchev–Trinajstić information content (AvgIpc) is 2.46. The fourth-order valence-electron chi connectivity index (χ4n) is 1.89.